The van der Waals surface area contributed by atoms with Crippen molar-refractivity contribution < 1.29 is 4.79 Å². The predicted molar refractivity (Wildman–Crippen MR) is 112 cm³/mol. The smallest absolute Gasteiger partial charge is 0.163 e. The molecule has 1 aromatic heterocycles. The number of benzene rings is 3. The number of rotatable bonds is 5. The molecule has 28 heavy (non-hydrogen) atoms. The highest BCUT2D eigenvalue weighted by atomic mass is 16.1. The van der Waals surface area contributed by atoms with Gasteiger partial charge in [-0.2, -0.15) is 5.10 Å². The second-order valence-electron chi connectivity index (χ2n) is 6.90. The second-order valence-corrected chi connectivity index (χ2v) is 6.90. The van der Waals surface area contributed by atoms with Gasteiger partial charge in [0.05, 0.1) is 28.6 Å². The van der Waals surface area contributed by atoms with Crippen LogP contribution in [0, 0.1) is 6.92 Å². The summed E-state index contributed by atoms with van der Waals surface area (Å²) >= 11 is 0. The minimum absolute atomic E-state index is 0.0338. The van der Waals surface area contributed by atoms with Crippen LogP contribution in [-0.2, 0) is 0 Å². The molecule has 0 aliphatic heterocycles. The van der Waals surface area contributed by atoms with E-state index in [1.165, 1.54) is 0 Å². The summed E-state index contributed by atoms with van der Waals surface area (Å²) in [5, 5.41) is 4.77. The maximum absolute atomic E-state index is 12.6. The average Bonchev–Trinajstić information content (AvgIpc) is 3.07. The molecule has 0 unspecified atom stereocenters. The Morgan fingerprint density at radius 1 is 0.786 bits per heavy atom. The Morgan fingerprint density at radius 3 is 1.71 bits per heavy atom. The molecular formula is C25H22N2O. The summed E-state index contributed by atoms with van der Waals surface area (Å²) in [6, 6.07) is 30.6. The van der Waals surface area contributed by atoms with Crippen molar-refractivity contribution in [1.29, 1.82) is 0 Å². The van der Waals surface area contributed by atoms with Crippen molar-refractivity contribution in [3.05, 3.63) is 119 Å². The minimum Gasteiger partial charge on any atom is -0.294 e. The van der Waals surface area contributed by atoms with Crippen LogP contribution in [0.25, 0.3) is 5.69 Å². The van der Waals surface area contributed by atoms with Crippen molar-refractivity contribution >= 4 is 5.78 Å². The van der Waals surface area contributed by atoms with Gasteiger partial charge in [-0.1, -0.05) is 78.9 Å². The first-order chi connectivity index (χ1) is 13.7. The first-order valence-corrected chi connectivity index (χ1v) is 9.42. The molecular weight excluding hydrogens is 344 g/mol. The zero-order valence-corrected chi connectivity index (χ0v) is 16.0. The first kappa shape index (κ1) is 17.9. The predicted octanol–water partition coefficient (Wildman–Crippen LogP) is 5.56. The summed E-state index contributed by atoms with van der Waals surface area (Å²) in [5.74, 6) is -0.0609. The highest BCUT2D eigenvalue weighted by molar-refractivity contribution is 5.97. The van der Waals surface area contributed by atoms with Gasteiger partial charge in [-0.3, -0.25) is 4.79 Å². The van der Waals surface area contributed by atoms with E-state index in [1.54, 1.807) is 6.92 Å². The van der Waals surface area contributed by atoms with Gasteiger partial charge < -0.3 is 0 Å². The van der Waals surface area contributed by atoms with Crippen LogP contribution in [0.15, 0.2) is 91.0 Å². The van der Waals surface area contributed by atoms with Gasteiger partial charge in [0.25, 0.3) is 0 Å². The number of carbonyl (C=O) groups excluding carboxylic acids is 1. The Labute approximate surface area is 165 Å². The van der Waals surface area contributed by atoms with Gasteiger partial charge in [-0.15, -0.1) is 0 Å². The van der Waals surface area contributed by atoms with Gasteiger partial charge >= 0.3 is 0 Å². The zero-order valence-electron chi connectivity index (χ0n) is 16.0. The molecule has 1 heterocycles. The van der Waals surface area contributed by atoms with E-state index < -0.39 is 0 Å². The number of aryl methyl sites for hydroxylation is 1. The zero-order chi connectivity index (χ0) is 19.5. The Bertz CT molecular complexity index is 1040. The van der Waals surface area contributed by atoms with E-state index in [0.717, 1.165) is 28.2 Å². The monoisotopic (exact) mass is 366 g/mol. The Morgan fingerprint density at radius 2 is 1.25 bits per heavy atom. The molecule has 0 saturated carbocycles. The molecule has 0 aliphatic rings. The molecule has 4 aromatic rings. The second kappa shape index (κ2) is 7.65. The van der Waals surface area contributed by atoms with Crippen LogP contribution in [0.1, 0.15) is 45.7 Å². The quantitative estimate of drug-likeness (QED) is 0.433. The van der Waals surface area contributed by atoms with Crippen LogP contribution in [0.3, 0.4) is 0 Å². The molecule has 0 aliphatic carbocycles. The largest absolute Gasteiger partial charge is 0.294 e. The Balaban J connectivity index is 2.05. The number of nitrogens with zero attached hydrogens (tertiary/aromatic N) is 2. The van der Waals surface area contributed by atoms with E-state index in [0.29, 0.717) is 5.56 Å². The summed E-state index contributed by atoms with van der Waals surface area (Å²) in [4.78, 5) is 12.6. The van der Waals surface area contributed by atoms with Gasteiger partial charge in [0.15, 0.2) is 5.78 Å². The van der Waals surface area contributed by atoms with Crippen molar-refractivity contribution in [2.24, 2.45) is 0 Å². The van der Waals surface area contributed by atoms with Crippen molar-refractivity contribution in [2.45, 2.75) is 19.8 Å². The summed E-state index contributed by atoms with van der Waals surface area (Å²) in [5.41, 5.74) is 5.57. The fourth-order valence-electron chi connectivity index (χ4n) is 3.81. The third-order valence-electron chi connectivity index (χ3n) is 4.99. The van der Waals surface area contributed by atoms with Crippen LogP contribution in [0.2, 0.25) is 0 Å². The molecule has 4 rings (SSSR count). The van der Waals surface area contributed by atoms with Crippen LogP contribution >= 0.6 is 0 Å². The first-order valence-electron chi connectivity index (χ1n) is 9.42. The van der Waals surface area contributed by atoms with E-state index in [2.05, 4.69) is 24.3 Å². The van der Waals surface area contributed by atoms with E-state index in [-0.39, 0.29) is 11.7 Å². The fourth-order valence-corrected chi connectivity index (χ4v) is 3.81. The van der Waals surface area contributed by atoms with Crippen LogP contribution < -0.4 is 0 Å². The number of aromatic nitrogens is 2. The van der Waals surface area contributed by atoms with Crippen molar-refractivity contribution in [3.8, 4) is 5.69 Å². The lowest BCUT2D eigenvalue weighted by Gasteiger charge is -2.21. The van der Waals surface area contributed by atoms with E-state index in [1.807, 2.05) is 78.3 Å². The number of hydrogen-bond acceptors (Lipinski definition) is 2. The molecule has 0 amide bonds. The molecule has 0 saturated heterocycles. The maximum atomic E-state index is 12.6. The number of ketones is 1. The summed E-state index contributed by atoms with van der Waals surface area (Å²) in [7, 11) is 0. The lowest BCUT2D eigenvalue weighted by molar-refractivity contribution is 0.101. The highest BCUT2D eigenvalue weighted by Gasteiger charge is 2.28. The van der Waals surface area contributed by atoms with Gasteiger partial charge in [0.1, 0.15) is 0 Å². The summed E-state index contributed by atoms with van der Waals surface area (Å²) in [6.45, 7) is 3.53. The number of hydrogen-bond donors (Lipinski definition) is 0. The van der Waals surface area contributed by atoms with Gasteiger partial charge in [0, 0.05) is 0 Å². The summed E-state index contributed by atoms with van der Waals surface area (Å²) < 4.78 is 1.93. The molecule has 0 N–H and O–H groups in total. The molecule has 0 bridgehead atoms. The lowest BCUT2D eigenvalue weighted by atomic mass is 9.85. The lowest BCUT2D eigenvalue weighted by Crippen LogP contribution is -2.13. The van der Waals surface area contributed by atoms with Crippen molar-refractivity contribution in [3.63, 3.8) is 0 Å². The molecule has 0 fully saturated rings. The minimum atomic E-state index is -0.0947. The third kappa shape index (κ3) is 3.27. The van der Waals surface area contributed by atoms with Gasteiger partial charge in [0.2, 0.25) is 0 Å². The maximum Gasteiger partial charge on any atom is 0.163 e. The Kier molecular flexibility index (Phi) is 4.90. The van der Waals surface area contributed by atoms with Crippen LogP contribution in [0.4, 0.5) is 0 Å². The number of carbonyl (C=O) groups is 1. The fraction of sp³-hybridized carbons (Fsp3) is 0.120. The average molecular weight is 366 g/mol. The van der Waals surface area contributed by atoms with E-state index >= 15 is 0 Å². The Hall–Kier alpha value is -3.46. The topological polar surface area (TPSA) is 34.9 Å². The molecule has 0 atom stereocenters. The summed E-state index contributed by atoms with van der Waals surface area (Å²) in [6.07, 6.45) is 0. The third-order valence-corrected chi connectivity index (χ3v) is 4.99. The molecule has 3 nitrogen and oxygen atoms in total. The van der Waals surface area contributed by atoms with Crippen LogP contribution in [-0.4, -0.2) is 15.6 Å². The number of Topliss-reactive ketones (excluding diaryl/α,β-unsaturated/α-hetero) is 1. The van der Waals surface area contributed by atoms with Gasteiger partial charge in [-0.25, -0.2) is 4.68 Å². The molecule has 0 radical (unpaired) electrons. The molecule has 0 spiro atoms. The normalized spacial score (nSPS) is 11.0. The molecule has 138 valence electrons. The van der Waals surface area contributed by atoms with Gasteiger partial charge in [-0.05, 0) is 37.1 Å². The standard InChI is InChI=1S/C25H22N2O/c1-18-23(19(2)28)25(27(26-18)22-16-10-5-11-17-22)24(20-12-6-3-7-13-20)21-14-8-4-9-15-21/h3-17,24H,1-2H3. The van der Waals surface area contributed by atoms with E-state index in [4.69, 9.17) is 5.10 Å². The molecule has 3 aromatic carbocycles. The van der Waals surface area contributed by atoms with Crippen molar-refractivity contribution in [2.75, 3.05) is 0 Å². The molecule has 3 heteroatoms. The van der Waals surface area contributed by atoms with E-state index in [9.17, 15) is 4.79 Å². The van der Waals surface area contributed by atoms with Crippen molar-refractivity contribution in [1.82, 2.24) is 9.78 Å². The number of para-hydroxylation sites is 1. The SMILES string of the molecule is CC(=O)c1c(C)nn(-c2ccccc2)c1C(c1ccccc1)c1ccccc1. The van der Waals surface area contributed by atoms with Crippen LogP contribution in [0.5, 0.6) is 0 Å². The highest BCUT2D eigenvalue weighted by Crippen LogP contribution is 2.36.